The molecule has 0 aliphatic heterocycles. The summed E-state index contributed by atoms with van der Waals surface area (Å²) in [5.74, 6) is -0.301. The zero-order valence-electron chi connectivity index (χ0n) is 13.0. The Morgan fingerprint density at radius 3 is 1.75 bits per heavy atom. The van der Waals surface area contributed by atoms with Gasteiger partial charge in [0.2, 0.25) is 0 Å². The van der Waals surface area contributed by atoms with Gasteiger partial charge in [0.05, 0.1) is 5.71 Å². The van der Waals surface area contributed by atoms with Gasteiger partial charge in [-0.3, -0.25) is 0 Å². The van der Waals surface area contributed by atoms with Crippen LogP contribution in [0.2, 0.25) is 0 Å². The first-order valence-electron chi connectivity index (χ1n) is 7.62. The van der Waals surface area contributed by atoms with Crippen LogP contribution in [-0.4, -0.2) is 17.1 Å². The highest BCUT2D eigenvalue weighted by Crippen LogP contribution is 2.34. The summed E-state index contributed by atoms with van der Waals surface area (Å²) < 4.78 is 13.1. The van der Waals surface area contributed by atoms with Crippen LogP contribution in [0.3, 0.4) is 0 Å². The summed E-state index contributed by atoms with van der Waals surface area (Å²) in [7, 11) is -0.712. The lowest BCUT2D eigenvalue weighted by Crippen LogP contribution is -2.19. The molecule has 3 aromatic rings. The van der Waals surface area contributed by atoms with E-state index in [4.69, 9.17) is 0 Å². The van der Waals surface area contributed by atoms with Gasteiger partial charge >= 0.3 is 0 Å². The van der Waals surface area contributed by atoms with Crippen LogP contribution in [0, 0.1) is 5.82 Å². The standard InChI is InChI=1S/C20H17FNOP/c21-17-13-11-16(12-14-17)20(22-23)15-24(18-7-3-1-4-8-18)19-9-5-2-6-10-19/h1-14,23H,15H2. The van der Waals surface area contributed by atoms with Crippen LogP contribution >= 0.6 is 7.92 Å². The van der Waals surface area contributed by atoms with Gasteiger partial charge in [-0.05, 0) is 36.2 Å². The molecule has 24 heavy (non-hydrogen) atoms. The molecule has 0 aromatic heterocycles. The number of nitrogens with zero attached hydrogens (tertiary/aromatic N) is 1. The quantitative estimate of drug-likeness (QED) is 0.323. The maximum atomic E-state index is 13.1. The third-order valence-corrected chi connectivity index (χ3v) is 6.20. The molecule has 0 saturated heterocycles. The summed E-state index contributed by atoms with van der Waals surface area (Å²) in [6.45, 7) is 0. The average Bonchev–Trinajstić information content (AvgIpc) is 2.65. The van der Waals surface area contributed by atoms with E-state index in [1.165, 1.54) is 22.7 Å². The van der Waals surface area contributed by atoms with Crippen molar-refractivity contribution in [1.82, 2.24) is 0 Å². The van der Waals surface area contributed by atoms with Gasteiger partial charge in [-0.15, -0.1) is 0 Å². The molecule has 0 unspecified atom stereocenters. The van der Waals surface area contributed by atoms with Gasteiger partial charge in [-0.2, -0.15) is 0 Å². The fourth-order valence-electron chi connectivity index (χ4n) is 2.52. The maximum absolute atomic E-state index is 13.1. The Balaban J connectivity index is 1.95. The minimum Gasteiger partial charge on any atom is -0.411 e. The fourth-order valence-corrected chi connectivity index (χ4v) is 4.79. The first kappa shape index (κ1) is 16.4. The van der Waals surface area contributed by atoms with Gasteiger partial charge in [0.25, 0.3) is 0 Å². The number of halogens is 1. The van der Waals surface area contributed by atoms with Crippen LogP contribution < -0.4 is 10.6 Å². The van der Waals surface area contributed by atoms with Crippen LogP contribution in [0.25, 0.3) is 0 Å². The molecule has 0 aliphatic carbocycles. The molecule has 120 valence electrons. The van der Waals surface area contributed by atoms with Gasteiger partial charge in [0.1, 0.15) is 5.82 Å². The molecule has 0 radical (unpaired) electrons. The summed E-state index contributed by atoms with van der Waals surface area (Å²) in [6, 6.07) is 26.5. The maximum Gasteiger partial charge on any atom is 0.123 e. The van der Waals surface area contributed by atoms with Gasteiger partial charge in [-0.1, -0.05) is 78.0 Å². The molecule has 0 saturated carbocycles. The summed E-state index contributed by atoms with van der Waals surface area (Å²) in [6.07, 6.45) is 0.589. The Morgan fingerprint density at radius 1 is 0.792 bits per heavy atom. The lowest BCUT2D eigenvalue weighted by Gasteiger charge is -2.19. The number of benzene rings is 3. The third kappa shape index (κ3) is 3.87. The molecule has 0 amide bonds. The molecule has 0 fully saturated rings. The largest absolute Gasteiger partial charge is 0.411 e. The van der Waals surface area contributed by atoms with Gasteiger partial charge in [0.15, 0.2) is 0 Å². The first-order chi connectivity index (χ1) is 11.8. The highest BCUT2D eigenvalue weighted by Gasteiger charge is 2.18. The average molecular weight is 337 g/mol. The van der Waals surface area contributed by atoms with Crippen LogP contribution in [-0.2, 0) is 0 Å². The van der Waals surface area contributed by atoms with E-state index in [0.29, 0.717) is 11.9 Å². The van der Waals surface area contributed by atoms with E-state index >= 15 is 0 Å². The second-order valence-electron chi connectivity index (χ2n) is 5.31. The molecule has 2 nitrogen and oxygen atoms in total. The monoisotopic (exact) mass is 337 g/mol. The molecule has 3 aromatic carbocycles. The predicted octanol–water partition coefficient (Wildman–Crippen LogP) is 4.14. The highest BCUT2D eigenvalue weighted by molar-refractivity contribution is 7.73. The molecule has 0 aliphatic rings. The molecule has 0 spiro atoms. The van der Waals surface area contributed by atoms with Crippen LogP contribution in [0.4, 0.5) is 4.39 Å². The minimum absolute atomic E-state index is 0.301. The summed E-state index contributed by atoms with van der Waals surface area (Å²) in [5.41, 5.74) is 1.30. The molecule has 3 rings (SSSR count). The van der Waals surface area contributed by atoms with Crippen molar-refractivity contribution in [3.8, 4) is 0 Å². The van der Waals surface area contributed by atoms with E-state index in [9.17, 15) is 9.60 Å². The molecule has 0 bridgehead atoms. The van der Waals surface area contributed by atoms with Crippen molar-refractivity contribution in [2.24, 2.45) is 5.16 Å². The number of rotatable bonds is 5. The molecule has 1 N–H and O–H groups in total. The number of oxime groups is 1. The molecular formula is C20H17FNOP. The van der Waals surface area contributed by atoms with Crippen molar-refractivity contribution in [3.05, 3.63) is 96.3 Å². The van der Waals surface area contributed by atoms with E-state index in [1.807, 2.05) is 36.4 Å². The first-order valence-corrected chi connectivity index (χ1v) is 9.15. The van der Waals surface area contributed by atoms with Crippen LogP contribution in [0.1, 0.15) is 5.56 Å². The van der Waals surface area contributed by atoms with Gasteiger partial charge in [-0.25, -0.2) is 4.39 Å². The SMILES string of the molecule is ON=C(CP(c1ccccc1)c1ccccc1)c1ccc(F)cc1. The van der Waals surface area contributed by atoms with Gasteiger partial charge in [0, 0.05) is 6.16 Å². The fraction of sp³-hybridized carbons (Fsp3) is 0.0500. The van der Waals surface area contributed by atoms with Crippen molar-refractivity contribution in [3.63, 3.8) is 0 Å². The predicted molar refractivity (Wildman–Crippen MR) is 98.7 cm³/mol. The topological polar surface area (TPSA) is 32.6 Å². The van der Waals surface area contributed by atoms with Crippen LogP contribution in [0.5, 0.6) is 0 Å². The summed E-state index contributed by atoms with van der Waals surface area (Å²) >= 11 is 0. The molecule has 4 heteroatoms. The van der Waals surface area contributed by atoms with Crippen molar-refractivity contribution in [2.45, 2.75) is 0 Å². The lowest BCUT2D eigenvalue weighted by atomic mass is 10.1. The van der Waals surface area contributed by atoms with E-state index in [2.05, 4.69) is 29.4 Å². The zero-order valence-corrected chi connectivity index (χ0v) is 13.9. The minimum atomic E-state index is -0.712. The zero-order chi connectivity index (χ0) is 16.8. The Morgan fingerprint density at radius 2 is 1.29 bits per heavy atom. The molecule has 0 atom stereocenters. The van der Waals surface area contributed by atoms with E-state index in [-0.39, 0.29) is 5.82 Å². The van der Waals surface area contributed by atoms with E-state index < -0.39 is 7.92 Å². The Hall–Kier alpha value is -2.51. The summed E-state index contributed by atoms with van der Waals surface area (Å²) in [5, 5.41) is 15.4. The van der Waals surface area contributed by atoms with Crippen LogP contribution in [0.15, 0.2) is 90.1 Å². The van der Waals surface area contributed by atoms with Crippen molar-refractivity contribution >= 4 is 24.2 Å². The van der Waals surface area contributed by atoms with E-state index in [1.54, 1.807) is 12.1 Å². The normalized spacial score (nSPS) is 11.7. The molecular weight excluding hydrogens is 320 g/mol. The van der Waals surface area contributed by atoms with Crippen molar-refractivity contribution in [1.29, 1.82) is 0 Å². The smallest absolute Gasteiger partial charge is 0.123 e. The second-order valence-corrected chi connectivity index (χ2v) is 7.52. The number of hydrogen-bond acceptors (Lipinski definition) is 2. The van der Waals surface area contributed by atoms with Gasteiger partial charge < -0.3 is 5.21 Å². The lowest BCUT2D eigenvalue weighted by molar-refractivity contribution is 0.319. The second kappa shape index (κ2) is 7.85. The Kier molecular flexibility index (Phi) is 5.35. The number of hydrogen-bond donors (Lipinski definition) is 1. The van der Waals surface area contributed by atoms with E-state index in [0.717, 1.165) is 5.56 Å². The highest BCUT2D eigenvalue weighted by atomic mass is 31.1. The summed E-state index contributed by atoms with van der Waals surface area (Å²) in [4.78, 5) is 0. The Bertz CT molecular complexity index is 765. The van der Waals surface area contributed by atoms with Crippen molar-refractivity contribution in [2.75, 3.05) is 6.16 Å². The Labute approximate surface area is 142 Å². The third-order valence-electron chi connectivity index (χ3n) is 3.74. The van der Waals surface area contributed by atoms with Crippen molar-refractivity contribution < 1.29 is 9.60 Å². The molecule has 0 heterocycles.